The van der Waals surface area contributed by atoms with Gasteiger partial charge in [-0.15, -0.1) is 0 Å². The molecule has 3 atom stereocenters. The molecule has 126 valence electrons. The van der Waals surface area contributed by atoms with E-state index in [-0.39, 0.29) is 12.3 Å². The molecule has 0 saturated carbocycles. The van der Waals surface area contributed by atoms with Crippen LogP contribution in [-0.4, -0.2) is 34.3 Å². The Bertz CT molecular complexity index is 378. The second kappa shape index (κ2) is 7.58. The summed E-state index contributed by atoms with van der Waals surface area (Å²) in [5.41, 5.74) is 0. The highest BCUT2D eigenvalue weighted by Crippen LogP contribution is 2.31. The Labute approximate surface area is 126 Å². The van der Waals surface area contributed by atoms with E-state index in [1.54, 1.807) is 34.6 Å². The number of halogens is 3. The van der Waals surface area contributed by atoms with E-state index in [0.29, 0.717) is 0 Å². The van der Waals surface area contributed by atoms with Crippen molar-refractivity contribution in [2.75, 3.05) is 7.11 Å². The van der Waals surface area contributed by atoms with Crippen molar-refractivity contribution in [2.24, 2.45) is 11.8 Å². The molecule has 0 bridgehead atoms. The molecular weight excluding hydrogens is 307 g/mol. The van der Waals surface area contributed by atoms with Gasteiger partial charge in [-0.1, -0.05) is 13.8 Å². The van der Waals surface area contributed by atoms with Crippen LogP contribution in [0.1, 0.15) is 41.0 Å². The number of carbonyl (C=O) groups is 1. The molecule has 0 amide bonds. The first-order chi connectivity index (χ1) is 9.30. The van der Waals surface area contributed by atoms with E-state index in [1.807, 2.05) is 0 Å². The Balaban J connectivity index is 5.45. The zero-order chi connectivity index (χ0) is 17.0. The molecule has 8 heteroatoms. The first-order valence-corrected chi connectivity index (χ1v) is 7.78. The van der Waals surface area contributed by atoms with Gasteiger partial charge in [-0.2, -0.15) is 13.2 Å². The van der Waals surface area contributed by atoms with Crippen LogP contribution < -0.4 is 4.72 Å². The van der Waals surface area contributed by atoms with Crippen LogP contribution in [0, 0.1) is 11.8 Å². The molecule has 4 nitrogen and oxygen atoms in total. The molecule has 0 saturated heterocycles. The summed E-state index contributed by atoms with van der Waals surface area (Å²) in [5.74, 6) is -2.52. The van der Waals surface area contributed by atoms with E-state index in [9.17, 15) is 22.2 Å². The van der Waals surface area contributed by atoms with E-state index in [1.165, 1.54) is 0 Å². The third-order valence-corrected chi connectivity index (χ3v) is 4.35. The lowest BCUT2D eigenvalue weighted by atomic mass is 9.90. The fraction of sp³-hybridized carbons (Fsp3) is 0.923. The minimum atomic E-state index is -4.70. The maximum atomic E-state index is 13.3. The normalized spacial score (nSPS) is 17.4. The maximum absolute atomic E-state index is 13.3. The number of alkyl halides is 3. The van der Waals surface area contributed by atoms with E-state index < -0.39 is 39.8 Å². The number of esters is 1. The monoisotopic (exact) mass is 331 g/mol. The van der Waals surface area contributed by atoms with Gasteiger partial charge in [0.2, 0.25) is 0 Å². The molecule has 0 fully saturated rings. The van der Waals surface area contributed by atoms with E-state index >= 15 is 0 Å². The van der Waals surface area contributed by atoms with Gasteiger partial charge in [0.1, 0.15) is 6.04 Å². The van der Waals surface area contributed by atoms with Crippen molar-refractivity contribution >= 4 is 17.0 Å². The van der Waals surface area contributed by atoms with Crippen LogP contribution in [0.25, 0.3) is 0 Å². The predicted molar refractivity (Wildman–Crippen MR) is 75.8 cm³/mol. The molecule has 0 aliphatic rings. The van der Waals surface area contributed by atoms with Crippen molar-refractivity contribution < 1.29 is 26.9 Å². The molecule has 0 aliphatic carbocycles. The summed E-state index contributed by atoms with van der Waals surface area (Å²) in [7, 11) is -0.900. The molecule has 0 radical (unpaired) electrons. The van der Waals surface area contributed by atoms with Gasteiger partial charge in [-0.05, 0) is 33.1 Å². The van der Waals surface area contributed by atoms with Crippen molar-refractivity contribution in [3.05, 3.63) is 0 Å². The zero-order valence-corrected chi connectivity index (χ0v) is 14.0. The highest BCUT2D eigenvalue weighted by molar-refractivity contribution is 7.84. The Morgan fingerprint density at radius 2 is 1.71 bits per heavy atom. The second-order valence-corrected chi connectivity index (χ2v) is 8.28. The van der Waals surface area contributed by atoms with Crippen LogP contribution in [0.3, 0.4) is 0 Å². The Morgan fingerprint density at radius 3 is 2.00 bits per heavy atom. The molecule has 0 heterocycles. The fourth-order valence-corrected chi connectivity index (χ4v) is 2.58. The molecule has 0 aromatic carbocycles. The van der Waals surface area contributed by atoms with E-state index in [2.05, 4.69) is 9.46 Å². The van der Waals surface area contributed by atoms with Gasteiger partial charge in [-0.3, -0.25) is 4.79 Å². The molecule has 0 unspecified atom stereocenters. The smallest absolute Gasteiger partial charge is 0.405 e. The van der Waals surface area contributed by atoms with E-state index in [4.69, 9.17) is 0 Å². The molecule has 0 spiro atoms. The van der Waals surface area contributed by atoms with Crippen molar-refractivity contribution in [3.8, 4) is 0 Å². The lowest BCUT2D eigenvalue weighted by Gasteiger charge is -2.31. The van der Waals surface area contributed by atoms with E-state index in [0.717, 1.165) is 7.11 Å². The van der Waals surface area contributed by atoms with Crippen LogP contribution in [0.4, 0.5) is 13.2 Å². The molecular formula is C13H24F3NO3S. The molecule has 1 N–H and O–H groups in total. The average Bonchev–Trinajstić information content (AvgIpc) is 2.29. The number of carbonyl (C=O) groups excluding carboxylic acids is 1. The topological polar surface area (TPSA) is 55.4 Å². The van der Waals surface area contributed by atoms with Crippen LogP contribution in [-0.2, 0) is 20.5 Å². The molecule has 0 rings (SSSR count). The SMILES string of the molecule is COC(=O)[C@@H](CC(C)C)[C@H](N[S@@](=O)C(C)(C)C)C(F)(F)F. The first-order valence-electron chi connectivity index (χ1n) is 6.63. The summed E-state index contributed by atoms with van der Waals surface area (Å²) < 4.78 is 57.4. The highest BCUT2D eigenvalue weighted by atomic mass is 32.2. The van der Waals surface area contributed by atoms with Gasteiger partial charge < -0.3 is 4.74 Å². The third-order valence-electron chi connectivity index (χ3n) is 2.77. The quantitative estimate of drug-likeness (QED) is 0.762. The van der Waals surface area contributed by atoms with Gasteiger partial charge >= 0.3 is 12.1 Å². The average molecular weight is 331 g/mol. The highest BCUT2D eigenvalue weighted by Gasteiger charge is 2.49. The molecule has 21 heavy (non-hydrogen) atoms. The number of hydrogen-bond donors (Lipinski definition) is 1. The maximum Gasteiger partial charge on any atom is 0.405 e. The van der Waals surface area contributed by atoms with Crippen molar-refractivity contribution in [1.29, 1.82) is 0 Å². The third kappa shape index (κ3) is 6.78. The van der Waals surface area contributed by atoms with Crippen molar-refractivity contribution in [1.82, 2.24) is 4.72 Å². The Hall–Kier alpha value is -0.630. The van der Waals surface area contributed by atoms with Crippen LogP contribution >= 0.6 is 0 Å². The summed E-state index contributed by atoms with van der Waals surface area (Å²) in [6.45, 7) is 8.09. The van der Waals surface area contributed by atoms with Gasteiger partial charge in [0.25, 0.3) is 0 Å². The summed E-state index contributed by atoms with van der Waals surface area (Å²) in [4.78, 5) is 11.7. The number of nitrogens with one attached hydrogen (secondary N) is 1. The van der Waals surface area contributed by atoms with Crippen LogP contribution in [0.5, 0.6) is 0 Å². The van der Waals surface area contributed by atoms with Gasteiger partial charge in [0.15, 0.2) is 0 Å². The standard InChI is InChI=1S/C13H24F3NO3S/c1-8(2)7-9(11(18)20-6)10(13(14,15)16)17-21(19)12(3,4)5/h8-10,17H,7H2,1-6H3/t9-,10-,21-/m0/s1. The fourth-order valence-electron chi connectivity index (χ4n) is 1.70. The lowest BCUT2D eigenvalue weighted by molar-refractivity contribution is -0.178. The van der Waals surface area contributed by atoms with Gasteiger partial charge in [0, 0.05) is 0 Å². The summed E-state index contributed by atoms with van der Waals surface area (Å²) in [6.07, 6.45) is -4.71. The van der Waals surface area contributed by atoms with Crippen molar-refractivity contribution in [2.45, 2.75) is 58.0 Å². The predicted octanol–water partition coefficient (Wildman–Crippen LogP) is 2.80. The molecule has 0 aromatic rings. The number of hydrogen-bond acceptors (Lipinski definition) is 3. The summed E-state index contributed by atoms with van der Waals surface area (Å²) in [6, 6.07) is -2.20. The molecule has 0 aliphatic heterocycles. The number of rotatable bonds is 6. The van der Waals surface area contributed by atoms with Gasteiger partial charge in [0.05, 0.1) is 28.8 Å². The number of ether oxygens (including phenoxy) is 1. The minimum absolute atomic E-state index is 0.00874. The zero-order valence-electron chi connectivity index (χ0n) is 13.2. The first kappa shape index (κ1) is 20.4. The minimum Gasteiger partial charge on any atom is -0.469 e. The van der Waals surface area contributed by atoms with Crippen LogP contribution in [0.2, 0.25) is 0 Å². The van der Waals surface area contributed by atoms with Crippen LogP contribution in [0.15, 0.2) is 0 Å². The lowest BCUT2D eigenvalue weighted by Crippen LogP contribution is -2.53. The summed E-state index contributed by atoms with van der Waals surface area (Å²) in [5, 5.41) is 0. The largest absolute Gasteiger partial charge is 0.469 e. The second-order valence-electron chi connectivity index (χ2n) is 6.28. The van der Waals surface area contributed by atoms with Gasteiger partial charge in [-0.25, -0.2) is 8.93 Å². The Kier molecular flexibility index (Phi) is 7.35. The molecule has 0 aromatic heterocycles. The summed E-state index contributed by atoms with van der Waals surface area (Å²) >= 11 is 0. The Morgan fingerprint density at radius 1 is 1.24 bits per heavy atom. The van der Waals surface area contributed by atoms with Crippen molar-refractivity contribution in [3.63, 3.8) is 0 Å². The number of methoxy groups -OCH3 is 1.